The van der Waals surface area contributed by atoms with Gasteiger partial charge in [0.05, 0.1) is 17.2 Å². The van der Waals surface area contributed by atoms with Crippen LogP contribution in [0.2, 0.25) is 0 Å². The summed E-state index contributed by atoms with van der Waals surface area (Å²) in [5.41, 5.74) is 0.773. The van der Waals surface area contributed by atoms with Crippen LogP contribution in [0.25, 0.3) is 0 Å². The highest BCUT2D eigenvalue weighted by Crippen LogP contribution is 2.44. The number of likely N-dealkylation sites (tertiary alicyclic amines) is 1. The van der Waals surface area contributed by atoms with Crippen LogP contribution < -0.4 is 4.90 Å². The first kappa shape index (κ1) is 15.9. The number of piperidine rings is 1. The molecule has 130 valence electrons. The van der Waals surface area contributed by atoms with Crippen molar-refractivity contribution in [2.75, 3.05) is 24.5 Å². The minimum absolute atomic E-state index is 0.0321. The molecule has 0 N–H and O–H groups in total. The molecule has 6 heteroatoms. The Morgan fingerprint density at radius 3 is 2.60 bits per heavy atom. The Morgan fingerprint density at radius 2 is 2.00 bits per heavy atom. The van der Waals surface area contributed by atoms with Gasteiger partial charge in [0, 0.05) is 25.3 Å². The molecule has 2 saturated heterocycles. The van der Waals surface area contributed by atoms with Crippen molar-refractivity contribution in [1.29, 1.82) is 0 Å². The van der Waals surface area contributed by atoms with Crippen LogP contribution >= 0.6 is 0 Å². The van der Waals surface area contributed by atoms with Crippen LogP contribution in [-0.2, 0) is 4.79 Å². The topological polar surface area (TPSA) is 53.8 Å². The molecular weight excluding hydrogens is 323 g/mol. The van der Waals surface area contributed by atoms with E-state index in [9.17, 15) is 14.0 Å². The van der Waals surface area contributed by atoms with Gasteiger partial charge in [0.15, 0.2) is 0 Å². The lowest BCUT2D eigenvalue weighted by molar-refractivity contribution is -0.138. The number of benzene rings is 1. The number of carbonyl (C=O) groups is 2. The zero-order valence-corrected chi connectivity index (χ0v) is 14.0. The predicted molar refractivity (Wildman–Crippen MR) is 89.8 cm³/mol. The number of anilines is 1. The van der Waals surface area contributed by atoms with Crippen molar-refractivity contribution in [3.05, 3.63) is 53.7 Å². The van der Waals surface area contributed by atoms with E-state index in [4.69, 9.17) is 4.42 Å². The number of β-lactam (4-membered cyclic amide) rings is 1. The third kappa shape index (κ3) is 2.52. The number of hydrogen-bond donors (Lipinski definition) is 0. The second kappa shape index (κ2) is 5.72. The van der Waals surface area contributed by atoms with E-state index in [0.717, 1.165) is 0 Å². The summed E-state index contributed by atoms with van der Waals surface area (Å²) in [6, 6.07) is 7.78. The van der Waals surface area contributed by atoms with Crippen molar-refractivity contribution in [3.63, 3.8) is 0 Å². The van der Waals surface area contributed by atoms with Gasteiger partial charge in [-0.2, -0.15) is 0 Å². The quantitative estimate of drug-likeness (QED) is 0.789. The molecule has 4 rings (SSSR count). The van der Waals surface area contributed by atoms with Crippen LogP contribution in [0.1, 0.15) is 29.0 Å². The molecular formula is C19H19FN2O3. The first-order valence-corrected chi connectivity index (χ1v) is 8.41. The molecule has 0 bridgehead atoms. The van der Waals surface area contributed by atoms with Gasteiger partial charge in [-0.3, -0.25) is 9.59 Å². The molecule has 2 amide bonds. The molecule has 2 fully saturated rings. The minimum Gasteiger partial charge on any atom is -0.469 e. The number of furan rings is 1. The lowest BCUT2D eigenvalue weighted by Crippen LogP contribution is -2.65. The van der Waals surface area contributed by atoms with Gasteiger partial charge < -0.3 is 14.2 Å². The third-order valence-corrected chi connectivity index (χ3v) is 5.38. The molecule has 1 aromatic carbocycles. The van der Waals surface area contributed by atoms with E-state index in [1.54, 1.807) is 34.9 Å². The molecule has 5 nitrogen and oxygen atoms in total. The Bertz CT molecular complexity index is 837. The molecule has 2 aromatic rings. The lowest BCUT2D eigenvalue weighted by atomic mass is 9.70. The summed E-state index contributed by atoms with van der Waals surface area (Å²) in [5.74, 6) is 0.254. The van der Waals surface area contributed by atoms with Crippen LogP contribution in [0.3, 0.4) is 0 Å². The average molecular weight is 342 g/mol. The number of amides is 2. The highest BCUT2D eigenvalue weighted by atomic mass is 19.1. The fourth-order valence-electron chi connectivity index (χ4n) is 3.78. The minimum atomic E-state index is -0.408. The maximum absolute atomic E-state index is 13.4. The van der Waals surface area contributed by atoms with Crippen LogP contribution in [-0.4, -0.2) is 36.3 Å². The van der Waals surface area contributed by atoms with Crippen molar-refractivity contribution in [2.24, 2.45) is 5.41 Å². The Labute approximate surface area is 145 Å². The molecule has 1 spiro atoms. The number of aryl methyl sites for hydroxylation is 1. The van der Waals surface area contributed by atoms with Crippen molar-refractivity contribution < 1.29 is 18.4 Å². The molecule has 25 heavy (non-hydrogen) atoms. The molecule has 2 aliphatic heterocycles. The van der Waals surface area contributed by atoms with E-state index in [-0.39, 0.29) is 17.6 Å². The molecule has 0 saturated carbocycles. The monoisotopic (exact) mass is 342 g/mol. The molecule has 0 unspecified atom stereocenters. The normalized spacial score (nSPS) is 19.2. The van der Waals surface area contributed by atoms with E-state index >= 15 is 0 Å². The second-order valence-electron chi connectivity index (χ2n) is 6.83. The lowest BCUT2D eigenvalue weighted by Gasteiger charge is -2.52. The highest BCUT2D eigenvalue weighted by Gasteiger charge is 2.54. The van der Waals surface area contributed by atoms with Gasteiger partial charge >= 0.3 is 0 Å². The van der Waals surface area contributed by atoms with Gasteiger partial charge in [-0.15, -0.1) is 0 Å². The Hall–Kier alpha value is -2.63. The molecule has 0 atom stereocenters. The number of rotatable bonds is 2. The zero-order chi connectivity index (χ0) is 17.6. The largest absolute Gasteiger partial charge is 0.469 e. The molecule has 0 aliphatic carbocycles. The van der Waals surface area contributed by atoms with Crippen LogP contribution in [0, 0.1) is 18.2 Å². The van der Waals surface area contributed by atoms with Crippen LogP contribution in [0.4, 0.5) is 10.1 Å². The summed E-state index contributed by atoms with van der Waals surface area (Å²) < 4.78 is 18.6. The maximum Gasteiger partial charge on any atom is 0.257 e. The van der Waals surface area contributed by atoms with E-state index in [0.29, 0.717) is 49.5 Å². The van der Waals surface area contributed by atoms with Crippen molar-refractivity contribution in [3.8, 4) is 0 Å². The predicted octanol–water partition coefficient (Wildman–Crippen LogP) is 3.00. The second-order valence-corrected chi connectivity index (χ2v) is 6.83. The van der Waals surface area contributed by atoms with E-state index < -0.39 is 5.41 Å². The molecule has 1 aromatic heterocycles. The van der Waals surface area contributed by atoms with Crippen LogP contribution in [0.15, 0.2) is 41.0 Å². The summed E-state index contributed by atoms with van der Waals surface area (Å²) in [7, 11) is 0. The van der Waals surface area contributed by atoms with Gasteiger partial charge in [-0.05, 0) is 44.0 Å². The molecule has 2 aliphatic rings. The van der Waals surface area contributed by atoms with Crippen molar-refractivity contribution >= 4 is 17.5 Å². The van der Waals surface area contributed by atoms with Gasteiger partial charge in [-0.25, -0.2) is 4.39 Å². The number of carbonyl (C=O) groups excluding carboxylic acids is 2. The van der Waals surface area contributed by atoms with Crippen molar-refractivity contribution in [1.82, 2.24) is 4.90 Å². The summed E-state index contributed by atoms with van der Waals surface area (Å²) in [6.07, 6.45) is 2.79. The number of hydrogen-bond acceptors (Lipinski definition) is 3. The van der Waals surface area contributed by atoms with Crippen molar-refractivity contribution in [2.45, 2.75) is 19.8 Å². The molecule has 0 radical (unpaired) electrons. The summed E-state index contributed by atoms with van der Waals surface area (Å²) in [4.78, 5) is 28.6. The number of halogens is 1. The summed E-state index contributed by atoms with van der Waals surface area (Å²) >= 11 is 0. The maximum atomic E-state index is 13.4. The summed E-state index contributed by atoms with van der Waals surface area (Å²) in [5, 5.41) is 0. The number of nitrogens with zero attached hydrogens (tertiary/aromatic N) is 2. The Morgan fingerprint density at radius 1 is 1.24 bits per heavy atom. The SMILES string of the molecule is Cc1occc1C(=O)N1CCC2(CC1)CN(c1cccc(F)c1)C2=O. The fourth-order valence-corrected chi connectivity index (χ4v) is 3.78. The zero-order valence-electron chi connectivity index (χ0n) is 14.0. The fraction of sp³-hybridized carbons (Fsp3) is 0.368. The van der Waals surface area contributed by atoms with Crippen LogP contribution in [0.5, 0.6) is 0 Å². The summed E-state index contributed by atoms with van der Waals surface area (Å²) in [6.45, 7) is 3.45. The standard InChI is InChI=1S/C19H19FN2O3/c1-13-16(5-10-25-13)17(23)21-8-6-19(7-9-21)12-22(18(19)24)15-4-2-3-14(20)11-15/h2-5,10-11H,6-9,12H2,1H3. The van der Waals surface area contributed by atoms with E-state index in [1.807, 2.05) is 0 Å². The van der Waals surface area contributed by atoms with Gasteiger partial charge in [-0.1, -0.05) is 6.07 Å². The van der Waals surface area contributed by atoms with E-state index in [2.05, 4.69) is 0 Å². The van der Waals surface area contributed by atoms with E-state index in [1.165, 1.54) is 18.4 Å². The first-order chi connectivity index (χ1) is 12.0. The smallest absolute Gasteiger partial charge is 0.257 e. The average Bonchev–Trinajstić information content (AvgIpc) is 3.05. The Kier molecular flexibility index (Phi) is 3.63. The van der Waals surface area contributed by atoms with Gasteiger partial charge in [0.25, 0.3) is 5.91 Å². The molecule has 3 heterocycles. The third-order valence-electron chi connectivity index (χ3n) is 5.38. The van der Waals surface area contributed by atoms with Gasteiger partial charge in [0.2, 0.25) is 5.91 Å². The first-order valence-electron chi connectivity index (χ1n) is 8.41. The highest BCUT2D eigenvalue weighted by molar-refractivity contribution is 6.04. The van der Waals surface area contributed by atoms with Gasteiger partial charge in [0.1, 0.15) is 11.6 Å². The Balaban J connectivity index is 1.42.